The van der Waals surface area contributed by atoms with Crippen LogP contribution in [0.1, 0.15) is 24.1 Å². The molecule has 5 heteroatoms. The molecule has 0 radical (unpaired) electrons. The van der Waals surface area contributed by atoms with Crippen LogP contribution in [-0.4, -0.2) is 6.54 Å². The summed E-state index contributed by atoms with van der Waals surface area (Å²) in [5.74, 6) is -1.73. The van der Waals surface area contributed by atoms with E-state index >= 15 is 0 Å². The van der Waals surface area contributed by atoms with E-state index in [2.05, 4.69) is 21.2 Å². The normalized spacial score (nSPS) is 12.4. The highest BCUT2D eigenvalue weighted by Gasteiger charge is 2.19. The van der Waals surface area contributed by atoms with E-state index in [1.54, 1.807) is 12.1 Å². The van der Waals surface area contributed by atoms with Gasteiger partial charge in [0, 0.05) is 6.07 Å². The third-order valence-electron chi connectivity index (χ3n) is 2.92. The number of hydrogen-bond acceptors (Lipinski definition) is 1. The van der Waals surface area contributed by atoms with E-state index in [0.717, 1.165) is 6.07 Å². The molecule has 2 aromatic rings. The van der Waals surface area contributed by atoms with Crippen molar-refractivity contribution in [2.24, 2.45) is 0 Å². The lowest BCUT2D eigenvalue weighted by Crippen LogP contribution is -2.23. The highest BCUT2D eigenvalue weighted by atomic mass is 79.9. The van der Waals surface area contributed by atoms with Crippen LogP contribution in [0.25, 0.3) is 0 Å². The van der Waals surface area contributed by atoms with E-state index in [0.29, 0.717) is 17.7 Å². The summed E-state index contributed by atoms with van der Waals surface area (Å²) < 4.78 is 40.7. The number of nitrogens with one attached hydrogen (secondary N) is 1. The maximum absolute atomic E-state index is 13.6. The Kier molecular flexibility index (Phi) is 4.83. The molecule has 1 N–H and O–H groups in total. The molecule has 0 bridgehead atoms. The van der Waals surface area contributed by atoms with Crippen molar-refractivity contribution in [3.05, 3.63) is 69.4 Å². The molecule has 1 unspecified atom stereocenters. The van der Waals surface area contributed by atoms with Gasteiger partial charge in [-0.25, -0.2) is 13.2 Å². The van der Waals surface area contributed by atoms with Crippen molar-refractivity contribution in [2.75, 3.05) is 6.54 Å². The molecular formula is C15H13BrF3N. The van der Waals surface area contributed by atoms with Crippen LogP contribution in [0.5, 0.6) is 0 Å². The Labute approximate surface area is 123 Å². The van der Waals surface area contributed by atoms with Crippen LogP contribution in [0.4, 0.5) is 13.2 Å². The molecule has 1 nitrogen and oxygen atoms in total. The largest absolute Gasteiger partial charge is 0.306 e. The summed E-state index contributed by atoms with van der Waals surface area (Å²) in [7, 11) is 0. The Hall–Kier alpha value is -1.33. The van der Waals surface area contributed by atoms with Crippen molar-refractivity contribution < 1.29 is 13.2 Å². The number of hydrogen-bond donors (Lipinski definition) is 1. The van der Waals surface area contributed by atoms with Gasteiger partial charge in [-0.05, 0) is 51.8 Å². The third kappa shape index (κ3) is 3.22. The molecule has 0 aromatic heterocycles. The molecule has 106 valence electrons. The van der Waals surface area contributed by atoms with E-state index in [4.69, 9.17) is 0 Å². The first-order valence-corrected chi connectivity index (χ1v) is 6.95. The minimum absolute atomic E-state index is 0.288. The van der Waals surface area contributed by atoms with Crippen LogP contribution in [0.3, 0.4) is 0 Å². The molecule has 0 saturated heterocycles. The monoisotopic (exact) mass is 343 g/mol. The first-order chi connectivity index (χ1) is 9.52. The molecule has 0 heterocycles. The lowest BCUT2D eigenvalue weighted by molar-refractivity contribution is 0.561. The predicted molar refractivity (Wildman–Crippen MR) is 76.0 cm³/mol. The Bertz CT molecular complexity index is 596. The van der Waals surface area contributed by atoms with Crippen LogP contribution in [0, 0.1) is 17.5 Å². The summed E-state index contributed by atoms with van der Waals surface area (Å²) in [6.07, 6.45) is 0. The van der Waals surface area contributed by atoms with Crippen LogP contribution in [-0.2, 0) is 0 Å². The maximum atomic E-state index is 13.6. The van der Waals surface area contributed by atoms with Gasteiger partial charge in [0.1, 0.15) is 17.5 Å². The lowest BCUT2D eigenvalue weighted by Gasteiger charge is -2.20. The molecule has 2 rings (SSSR count). The minimum Gasteiger partial charge on any atom is -0.306 e. The average molecular weight is 344 g/mol. The van der Waals surface area contributed by atoms with Gasteiger partial charge < -0.3 is 5.32 Å². The van der Waals surface area contributed by atoms with Crippen molar-refractivity contribution in [2.45, 2.75) is 13.0 Å². The first kappa shape index (κ1) is 15.1. The van der Waals surface area contributed by atoms with E-state index in [-0.39, 0.29) is 4.47 Å². The zero-order valence-electron chi connectivity index (χ0n) is 10.8. The second-order valence-corrected chi connectivity index (χ2v) is 5.13. The van der Waals surface area contributed by atoms with Gasteiger partial charge in [0.2, 0.25) is 0 Å². The quantitative estimate of drug-likeness (QED) is 0.857. The maximum Gasteiger partial charge on any atom is 0.137 e. The van der Waals surface area contributed by atoms with Crippen molar-refractivity contribution in [3.8, 4) is 0 Å². The van der Waals surface area contributed by atoms with Crippen molar-refractivity contribution >= 4 is 15.9 Å². The van der Waals surface area contributed by atoms with Gasteiger partial charge in [-0.2, -0.15) is 0 Å². The van der Waals surface area contributed by atoms with Gasteiger partial charge in [0.25, 0.3) is 0 Å². The molecule has 0 aliphatic rings. The Balaban J connectivity index is 2.53. The van der Waals surface area contributed by atoms with E-state index < -0.39 is 23.5 Å². The summed E-state index contributed by atoms with van der Waals surface area (Å²) in [6.45, 7) is 2.45. The lowest BCUT2D eigenvalue weighted by atomic mass is 9.98. The van der Waals surface area contributed by atoms with E-state index in [9.17, 15) is 13.2 Å². The second kappa shape index (κ2) is 6.41. The molecule has 20 heavy (non-hydrogen) atoms. The van der Waals surface area contributed by atoms with Gasteiger partial charge in [-0.3, -0.25) is 0 Å². The Morgan fingerprint density at radius 3 is 2.35 bits per heavy atom. The van der Waals surface area contributed by atoms with Crippen LogP contribution < -0.4 is 5.32 Å². The van der Waals surface area contributed by atoms with Gasteiger partial charge in [0.15, 0.2) is 0 Å². The van der Waals surface area contributed by atoms with E-state index in [1.807, 2.05) is 6.92 Å². The number of halogens is 4. The fourth-order valence-corrected chi connectivity index (χ4v) is 2.59. The van der Waals surface area contributed by atoms with Gasteiger partial charge in [0.05, 0.1) is 10.5 Å². The SMILES string of the molecule is CCNC(c1cc(F)cc(F)c1)c1cccc(F)c1Br. The average Bonchev–Trinajstić information content (AvgIpc) is 2.38. The van der Waals surface area contributed by atoms with Crippen LogP contribution >= 0.6 is 15.9 Å². The standard InChI is InChI=1S/C15H13BrF3N/c1-2-20-15(9-6-10(17)8-11(18)7-9)12-4-3-5-13(19)14(12)16/h3-8,15,20H,2H2,1H3. The Morgan fingerprint density at radius 1 is 1.10 bits per heavy atom. The molecule has 0 aliphatic heterocycles. The van der Waals surface area contributed by atoms with Crippen molar-refractivity contribution in [3.63, 3.8) is 0 Å². The molecule has 0 fully saturated rings. The summed E-state index contributed by atoms with van der Waals surface area (Å²) in [5.41, 5.74) is 1.01. The topological polar surface area (TPSA) is 12.0 Å². The number of benzene rings is 2. The first-order valence-electron chi connectivity index (χ1n) is 6.16. The molecule has 0 saturated carbocycles. The zero-order chi connectivity index (χ0) is 14.7. The highest BCUT2D eigenvalue weighted by molar-refractivity contribution is 9.10. The highest BCUT2D eigenvalue weighted by Crippen LogP contribution is 2.31. The van der Waals surface area contributed by atoms with Crippen LogP contribution in [0.15, 0.2) is 40.9 Å². The van der Waals surface area contributed by atoms with Crippen molar-refractivity contribution in [1.82, 2.24) is 5.32 Å². The molecule has 0 spiro atoms. The molecule has 0 aliphatic carbocycles. The smallest absolute Gasteiger partial charge is 0.137 e. The fourth-order valence-electron chi connectivity index (χ4n) is 2.10. The molecule has 1 atom stereocenters. The minimum atomic E-state index is -0.657. The van der Waals surface area contributed by atoms with Gasteiger partial charge in [-0.15, -0.1) is 0 Å². The van der Waals surface area contributed by atoms with Crippen LogP contribution in [0.2, 0.25) is 0 Å². The van der Waals surface area contributed by atoms with Gasteiger partial charge >= 0.3 is 0 Å². The third-order valence-corrected chi connectivity index (χ3v) is 3.76. The second-order valence-electron chi connectivity index (χ2n) is 4.34. The summed E-state index contributed by atoms with van der Waals surface area (Å²) >= 11 is 3.18. The Morgan fingerprint density at radius 2 is 1.75 bits per heavy atom. The van der Waals surface area contributed by atoms with Crippen molar-refractivity contribution in [1.29, 1.82) is 0 Å². The molecular weight excluding hydrogens is 331 g/mol. The fraction of sp³-hybridized carbons (Fsp3) is 0.200. The summed E-state index contributed by atoms with van der Waals surface area (Å²) in [4.78, 5) is 0. The van der Waals surface area contributed by atoms with E-state index in [1.165, 1.54) is 18.2 Å². The zero-order valence-corrected chi connectivity index (χ0v) is 12.3. The molecule has 0 amide bonds. The summed E-state index contributed by atoms with van der Waals surface area (Å²) in [5, 5.41) is 3.11. The predicted octanol–water partition coefficient (Wildman–Crippen LogP) is 4.57. The number of rotatable bonds is 4. The van der Waals surface area contributed by atoms with Gasteiger partial charge in [-0.1, -0.05) is 19.1 Å². The summed E-state index contributed by atoms with van der Waals surface area (Å²) in [6, 6.07) is 7.41. The molecule has 2 aromatic carbocycles.